The molecule has 0 bridgehead atoms. The summed E-state index contributed by atoms with van der Waals surface area (Å²) in [5, 5.41) is 4.51. The first-order chi connectivity index (χ1) is 23.3. The smallest absolute Gasteiger partial charge is 0.164 e. The van der Waals surface area contributed by atoms with Crippen LogP contribution >= 0.6 is 0 Å². The van der Waals surface area contributed by atoms with Gasteiger partial charge in [0, 0.05) is 32.8 Å². The number of nitrogens with zero attached hydrogens (tertiary/aromatic N) is 3. The Morgan fingerprint density at radius 3 is 1.51 bits per heavy atom. The molecule has 0 atom stereocenters. The Kier molecular flexibility index (Phi) is 6.43. The average molecular weight is 602 g/mol. The summed E-state index contributed by atoms with van der Waals surface area (Å²) in [5.41, 5.74) is 9.16. The summed E-state index contributed by atoms with van der Waals surface area (Å²) in [4.78, 5) is 14.8. The molecule has 0 N–H and O–H groups in total. The third-order valence-corrected chi connectivity index (χ3v) is 8.76. The minimum absolute atomic E-state index is 0.630. The zero-order valence-electron chi connectivity index (χ0n) is 25.3. The van der Waals surface area contributed by atoms with Crippen molar-refractivity contribution in [2.75, 3.05) is 0 Å². The first kappa shape index (κ1) is 27.0. The SMILES string of the molecule is c1ccc(-c2ccc(-c3nc(-c4ccccc4)nc(-c4ccc(-c5cccc6ccc7c8ccccc8oc7c56)cc4)n3)cc2)cc1. The molecule has 0 spiro atoms. The highest BCUT2D eigenvalue weighted by Crippen LogP contribution is 2.39. The first-order valence-electron chi connectivity index (χ1n) is 15.7. The van der Waals surface area contributed by atoms with Crippen molar-refractivity contribution in [1.29, 1.82) is 0 Å². The fourth-order valence-corrected chi connectivity index (χ4v) is 6.38. The molecule has 0 aliphatic rings. The van der Waals surface area contributed by atoms with Gasteiger partial charge in [-0.05, 0) is 39.8 Å². The molecule has 0 saturated carbocycles. The van der Waals surface area contributed by atoms with Crippen molar-refractivity contribution >= 4 is 32.7 Å². The minimum atomic E-state index is 0.630. The number of benzene rings is 7. The second-order valence-corrected chi connectivity index (χ2v) is 11.6. The zero-order valence-corrected chi connectivity index (χ0v) is 25.3. The van der Waals surface area contributed by atoms with E-state index in [1.165, 1.54) is 5.56 Å². The molecule has 4 heteroatoms. The molecule has 2 aromatic heterocycles. The average Bonchev–Trinajstić information content (AvgIpc) is 3.54. The van der Waals surface area contributed by atoms with E-state index in [2.05, 4.69) is 115 Å². The van der Waals surface area contributed by atoms with E-state index < -0.39 is 0 Å². The molecule has 7 aromatic carbocycles. The summed E-state index contributed by atoms with van der Waals surface area (Å²) >= 11 is 0. The second-order valence-electron chi connectivity index (χ2n) is 11.6. The van der Waals surface area contributed by atoms with Crippen molar-refractivity contribution in [3.8, 4) is 56.4 Å². The van der Waals surface area contributed by atoms with E-state index in [9.17, 15) is 0 Å². The van der Waals surface area contributed by atoms with Crippen LogP contribution in [-0.4, -0.2) is 15.0 Å². The lowest BCUT2D eigenvalue weighted by atomic mass is 9.95. The van der Waals surface area contributed by atoms with Gasteiger partial charge in [-0.3, -0.25) is 0 Å². The number of fused-ring (bicyclic) bond motifs is 5. The lowest BCUT2D eigenvalue weighted by Gasteiger charge is -2.11. The molecular formula is C43H27N3O. The predicted octanol–water partition coefficient (Wildman–Crippen LogP) is 11.3. The van der Waals surface area contributed by atoms with E-state index >= 15 is 0 Å². The Balaban J connectivity index is 1.14. The molecule has 4 nitrogen and oxygen atoms in total. The van der Waals surface area contributed by atoms with Crippen LogP contribution in [0.2, 0.25) is 0 Å². The Labute approximate surface area is 271 Å². The van der Waals surface area contributed by atoms with Crippen LogP contribution in [-0.2, 0) is 0 Å². The number of rotatable bonds is 5. The first-order valence-corrected chi connectivity index (χ1v) is 15.7. The highest BCUT2D eigenvalue weighted by atomic mass is 16.3. The standard InChI is InChI=1S/C43H27N3O/c1-3-10-28(11-4-1)29-18-22-33(23-19-29)42-44-41(32-12-5-2-6-13-32)45-43(46-42)34-24-20-30(21-25-34)35-16-9-14-31-26-27-37-36-15-7-8-17-38(36)47-40(37)39(31)35/h1-27H. The number of furan rings is 1. The zero-order chi connectivity index (χ0) is 31.2. The molecular weight excluding hydrogens is 574 g/mol. The topological polar surface area (TPSA) is 51.8 Å². The fraction of sp³-hybridized carbons (Fsp3) is 0. The summed E-state index contributed by atoms with van der Waals surface area (Å²) in [6.45, 7) is 0. The second kappa shape index (κ2) is 11.2. The molecule has 47 heavy (non-hydrogen) atoms. The highest BCUT2D eigenvalue weighted by Gasteiger charge is 2.16. The third kappa shape index (κ3) is 4.84. The monoisotopic (exact) mass is 601 g/mol. The van der Waals surface area contributed by atoms with E-state index in [0.29, 0.717) is 17.5 Å². The van der Waals surface area contributed by atoms with Crippen LogP contribution in [0.1, 0.15) is 0 Å². The summed E-state index contributed by atoms with van der Waals surface area (Å²) in [5.74, 6) is 1.91. The summed E-state index contributed by atoms with van der Waals surface area (Å²) in [7, 11) is 0. The Bertz CT molecular complexity index is 2540. The van der Waals surface area contributed by atoms with Gasteiger partial charge in [0.15, 0.2) is 17.5 Å². The van der Waals surface area contributed by atoms with Gasteiger partial charge in [0.1, 0.15) is 11.2 Å². The molecule has 220 valence electrons. The maximum absolute atomic E-state index is 6.44. The third-order valence-electron chi connectivity index (χ3n) is 8.76. The lowest BCUT2D eigenvalue weighted by Crippen LogP contribution is -2.00. The molecule has 0 amide bonds. The van der Waals surface area contributed by atoms with Crippen molar-refractivity contribution in [1.82, 2.24) is 15.0 Å². The Hall–Kier alpha value is -6.39. The molecule has 2 heterocycles. The van der Waals surface area contributed by atoms with Crippen molar-refractivity contribution in [2.24, 2.45) is 0 Å². The highest BCUT2D eigenvalue weighted by molar-refractivity contribution is 6.18. The molecule has 0 aliphatic heterocycles. The van der Waals surface area contributed by atoms with Crippen LogP contribution in [0, 0.1) is 0 Å². The van der Waals surface area contributed by atoms with E-state index in [1.54, 1.807) is 0 Å². The van der Waals surface area contributed by atoms with Gasteiger partial charge in [-0.2, -0.15) is 0 Å². The van der Waals surface area contributed by atoms with Gasteiger partial charge in [0.2, 0.25) is 0 Å². The fourth-order valence-electron chi connectivity index (χ4n) is 6.38. The Morgan fingerprint density at radius 2 is 0.851 bits per heavy atom. The molecule has 0 radical (unpaired) electrons. The van der Waals surface area contributed by atoms with Gasteiger partial charge < -0.3 is 4.42 Å². The number of para-hydroxylation sites is 1. The number of hydrogen-bond acceptors (Lipinski definition) is 4. The molecule has 9 rings (SSSR count). The van der Waals surface area contributed by atoms with Gasteiger partial charge in [0.05, 0.1) is 0 Å². The normalized spacial score (nSPS) is 11.4. The van der Waals surface area contributed by atoms with Crippen molar-refractivity contribution in [3.05, 3.63) is 164 Å². The number of hydrogen-bond donors (Lipinski definition) is 0. The van der Waals surface area contributed by atoms with E-state index in [0.717, 1.165) is 66.1 Å². The molecule has 0 fully saturated rings. The van der Waals surface area contributed by atoms with Crippen LogP contribution in [0.5, 0.6) is 0 Å². The summed E-state index contributed by atoms with van der Waals surface area (Å²) < 4.78 is 6.44. The Morgan fingerprint density at radius 1 is 0.340 bits per heavy atom. The van der Waals surface area contributed by atoms with Crippen LogP contribution in [0.25, 0.3) is 89.1 Å². The quantitative estimate of drug-likeness (QED) is 0.197. The van der Waals surface area contributed by atoms with Crippen LogP contribution < -0.4 is 0 Å². The largest absolute Gasteiger partial charge is 0.455 e. The van der Waals surface area contributed by atoms with E-state index in [-0.39, 0.29) is 0 Å². The lowest BCUT2D eigenvalue weighted by molar-refractivity contribution is 0.673. The van der Waals surface area contributed by atoms with E-state index in [1.807, 2.05) is 48.5 Å². The number of aromatic nitrogens is 3. The van der Waals surface area contributed by atoms with Gasteiger partial charge in [-0.1, -0.05) is 152 Å². The van der Waals surface area contributed by atoms with Gasteiger partial charge in [-0.15, -0.1) is 0 Å². The van der Waals surface area contributed by atoms with E-state index in [4.69, 9.17) is 19.4 Å². The maximum atomic E-state index is 6.44. The van der Waals surface area contributed by atoms with Crippen molar-refractivity contribution in [2.45, 2.75) is 0 Å². The van der Waals surface area contributed by atoms with Crippen LogP contribution in [0.3, 0.4) is 0 Å². The van der Waals surface area contributed by atoms with Gasteiger partial charge >= 0.3 is 0 Å². The van der Waals surface area contributed by atoms with Gasteiger partial charge in [0.25, 0.3) is 0 Å². The maximum Gasteiger partial charge on any atom is 0.164 e. The van der Waals surface area contributed by atoms with Crippen molar-refractivity contribution < 1.29 is 4.42 Å². The molecule has 0 unspecified atom stereocenters. The van der Waals surface area contributed by atoms with Crippen molar-refractivity contribution in [3.63, 3.8) is 0 Å². The van der Waals surface area contributed by atoms with Crippen LogP contribution in [0.4, 0.5) is 0 Å². The minimum Gasteiger partial charge on any atom is -0.455 e. The molecule has 0 aliphatic carbocycles. The summed E-state index contributed by atoms with van der Waals surface area (Å²) in [6.07, 6.45) is 0. The predicted molar refractivity (Wildman–Crippen MR) is 192 cm³/mol. The van der Waals surface area contributed by atoms with Crippen LogP contribution in [0.15, 0.2) is 168 Å². The molecule has 9 aromatic rings. The van der Waals surface area contributed by atoms with Gasteiger partial charge in [-0.25, -0.2) is 15.0 Å². The summed E-state index contributed by atoms with van der Waals surface area (Å²) in [6, 6.07) is 56.3. The molecule has 0 saturated heterocycles.